The van der Waals surface area contributed by atoms with Crippen molar-refractivity contribution in [1.82, 2.24) is 20.1 Å². The fraction of sp³-hybridized carbons (Fsp3) is 0.308. The number of rotatable bonds is 3. The molecule has 0 unspecified atom stereocenters. The molecule has 0 aromatic carbocycles. The first-order valence-corrected chi connectivity index (χ1v) is 5.79. The summed E-state index contributed by atoms with van der Waals surface area (Å²) >= 11 is 0. The van der Waals surface area contributed by atoms with Crippen molar-refractivity contribution >= 4 is 5.91 Å². The number of nitrogens with zero attached hydrogens (tertiary/aromatic N) is 3. The van der Waals surface area contributed by atoms with Crippen molar-refractivity contribution < 1.29 is 4.79 Å². The number of pyridine rings is 1. The average molecular weight is 244 g/mol. The van der Waals surface area contributed by atoms with Gasteiger partial charge < -0.3 is 5.32 Å². The van der Waals surface area contributed by atoms with Crippen molar-refractivity contribution in [2.75, 3.05) is 0 Å². The number of nitrogens with one attached hydrogen (secondary N) is 1. The Morgan fingerprint density at radius 3 is 2.78 bits per heavy atom. The highest BCUT2D eigenvalue weighted by atomic mass is 16.1. The van der Waals surface area contributed by atoms with Crippen molar-refractivity contribution in [3.63, 3.8) is 0 Å². The van der Waals surface area contributed by atoms with E-state index < -0.39 is 0 Å². The van der Waals surface area contributed by atoms with Crippen LogP contribution in [0.5, 0.6) is 0 Å². The number of aryl methyl sites for hydroxylation is 1. The van der Waals surface area contributed by atoms with Gasteiger partial charge in [-0.3, -0.25) is 14.5 Å². The molecule has 94 valence electrons. The first kappa shape index (κ1) is 12.3. The molecule has 0 saturated heterocycles. The molecule has 0 radical (unpaired) electrons. The average Bonchev–Trinajstić information content (AvgIpc) is 2.71. The summed E-state index contributed by atoms with van der Waals surface area (Å²) in [6, 6.07) is 3.72. The van der Waals surface area contributed by atoms with Crippen molar-refractivity contribution in [3.8, 4) is 0 Å². The topological polar surface area (TPSA) is 59.8 Å². The number of hydrogen-bond acceptors (Lipinski definition) is 3. The van der Waals surface area contributed by atoms with Gasteiger partial charge in [0.1, 0.15) is 0 Å². The van der Waals surface area contributed by atoms with E-state index in [1.54, 1.807) is 23.3 Å². The fourth-order valence-electron chi connectivity index (χ4n) is 1.71. The minimum atomic E-state index is -0.114. The van der Waals surface area contributed by atoms with Gasteiger partial charge >= 0.3 is 0 Å². The summed E-state index contributed by atoms with van der Waals surface area (Å²) < 4.78 is 1.68. The molecule has 1 amide bonds. The van der Waals surface area contributed by atoms with E-state index in [0.717, 1.165) is 11.3 Å². The Hall–Kier alpha value is -2.17. The van der Waals surface area contributed by atoms with Crippen LogP contribution in [0.15, 0.2) is 30.7 Å². The molecule has 18 heavy (non-hydrogen) atoms. The number of hydrogen-bond donors (Lipinski definition) is 1. The second-order valence-corrected chi connectivity index (χ2v) is 4.25. The molecule has 0 aliphatic rings. The number of carbonyl (C=O) groups excluding carboxylic acids is 1. The Morgan fingerprint density at radius 1 is 1.44 bits per heavy atom. The number of amides is 1. The maximum atomic E-state index is 12.1. The smallest absolute Gasteiger partial charge is 0.255 e. The Labute approximate surface area is 106 Å². The monoisotopic (exact) mass is 244 g/mol. The third kappa shape index (κ3) is 2.40. The fourth-order valence-corrected chi connectivity index (χ4v) is 1.71. The lowest BCUT2D eigenvalue weighted by molar-refractivity contribution is 0.0939. The van der Waals surface area contributed by atoms with Crippen molar-refractivity contribution in [2.45, 2.75) is 19.9 Å². The van der Waals surface area contributed by atoms with Crippen LogP contribution in [-0.2, 0) is 7.05 Å². The van der Waals surface area contributed by atoms with Crippen LogP contribution in [0.2, 0.25) is 0 Å². The normalized spacial score (nSPS) is 12.2. The van der Waals surface area contributed by atoms with E-state index in [1.165, 1.54) is 0 Å². The van der Waals surface area contributed by atoms with Crippen LogP contribution < -0.4 is 5.32 Å². The van der Waals surface area contributed by atoms with Crippen molar-refractivity contribution in [2.24, 2.45) is 7.05 Å². The van der Waals surface area contributed by atoms with Gasteiger partial charge in [-0.1, -0.05) is 6.07 Å². The van der Waals surface area contributed by atoms with E-state index in [9.17, 15) is 4.79 Å². The predicted octanol–water partition coefficient (Wildman–Crippen LogP) is 1.61. The maximum Gasteiger partial charge on any atom is 0.255 e. The third-order valence-corrected chi connectivity index (χ3v) is 3.01. The van der Waals surface area contributed by atoms with Crippen LogP contribution in [0.4, 0.5) is 0 Å². The molecular formula is C13H16N4O. The minimum absolute atomic E-state index is 0.0780. The molecule has 0 spiro atoms. The van der Waals surface area contributed by atoms with E-state index in [1.807, 2.05) is 33.0 Å². The molecular weight excluding hydrogens is 228 g/mol. The van der Waals surface area contributed by atoms with Crippen LogP contribution in [0.25, 0.3) is 0 Å². The lowest BCUT2D eigenvalue weighted by atomic mass is 10.1. The van der Waals surface area contributed by atoms with Crippen LogP contribution >= 0.6 is 0 Å². The Balaban J connectivity index is 2.11. The summed E-state index contributed by atoms with van der Waals surface area (Å²) in [5.41, 5.74) is 2.44. The van der Waals surface area contributed by atoms with E-state index in [4.69, 9.17) is 0 Å². The highest BCUT2D eigenvalue weighted by molar-refractivity contribution is 5.95. The van der Waals surface area contributed by atoms with Gasteiger partial charge in [0.25, 0.3) is 5.91 Å². The first-order chi connectivity index (χ1) is 8.59. The molecule has 2 heterocycles. The van der Waals surface area contributed by atoms with E-state index >= 15 is 0 Å². The van der Waals surface area contributed by atoms with Gasteiger partial charge in [0.2, 0.25) is 0 Å². The van der Waals surface area contributed by atoms with E-state index in [-0.39, 0.29) is 11.9 Å². The predicted molar refractivity (Wildman–Crippen MR) is 68.1 cm³/mol. The summed E-state index contributed by atoms with van der Waals surface area (Å²) in [6.07, 6.45) is 5.05. The molecule has 0 saturated carbocycles. The van der Waals surface area contributed by atoms with Gasteiger partial charge in [-0.2, -0.15) is 5.10 Å². The SMILES string of the molecule is Cc1c(C(=O)N[C@H](C)c2cccnc2)cnn1C. The molecule has 0 aliphatic heterocycles. The molecule has 2 aromatic heterocycles. The van der Waals surface area contributed by atoms with Gasteiger partial charge in [-0.25, -0.2) is 0 Å². The molecule has 2 aromatic rings. The highest BCUT2D eigenvalue weighted by Gasteiger charge is 2.15. The quantitative estimate of drug-likeness (QED) is 0.892. The summed E-state index contributed by atoms with van der Waals surface area (Å²) in [5.74, 6) is -0.114. The minimum Gasteiger partial charge on any atom is -0.345 e. The van der Waals surface area contributed by atoms with Gasteiger partial charge in [0.15, 0.2) is 0 Å². The standard InChI is InChI=1S/C13H16N4O/c1-9(11-5-4-6-14-7-11)16-13(18)12-8-15-17(3)10(12)2/h4-9H,1-3H3,(H,16,18)/t9-/m1/s1. The summed E-state index contributed by atoms with van der Waals surface area (Å²) in [6.45, 7) is 3.80. The molecule has 1 N–H and O–H groups in total. The van der Waals surface area contributed by atoms with Gasteiger partial charge in [0, 0.05) is 25.1 Å². The molecule has 0 aliphatic carbocycles. The molecule has 0 fully saturated rings. The summed E-state index contributed by atoms with van der Waals surface area (Å²) in [7, 11) is 1.82. The van der Waals surface area contributed by atoms with Crippen LogP contribution in [0.1, 0.15) is 34.6 Å². The second-order valence-electron chi connectivity index (χ2n) is 4.25. The zero-order valence-electron chi connectivity index (χ0n) is 10.7. The lowest BCUT2D eigenvalue weighted by Crippen LogP contribution is -2.27. The molecule has 1 atom stereocenters. The largest absolute Gasteiger partial charge is 0.345 e. The zero-order chi connectivity index (χ0) is 13.1. The van der Waals surface area contributed by atoms with E-state index in [2.05, 4.69) is 15.4 Å². The number of carbonyl (C=O) groups is 1. The number of aromatic nitrogens is 3. The molecule has 2 rings (SSSR count). The zero-order valence-corrected chi connectivity index (χ0v) is 10.7. The summed E-state index contributed by atoms with van der Waals surface area (Å²) in [4.78, 5) is 16.1. The van der Waals surface area contributed by atoms with Gasteiger partial charge in [0.05, 0.1) is 17.8 Å². The van der Waals surface area contributed by atoms with Crippen LogP contribution in [0.3, 0.4) is 0 Å². The lowest BCUT2D eigenvalue weighted by Gasteiger charge is -2.13. The highest BCUT2D eigenvalue weighted by Crippen LogP contribution is 2.12. The molecule has 0 bridgehead atoms. The third-order valence-electron chi connectivity index (χ3n) is 3.01. The Bertz CT molecular complexity index is 547. The Morgan fingerprint density at radius 2 is 2.22 bits per heavy atom. The molecule has 5 nitrogen and oxygen atoms in total. The van der Waals surface area contributed by atoms with Gasteiger partial charge in [-0.15, -0.1) is 0 Å². The Kier molecular flexibility index (Phi) is 3.41. The first-order valence-electron chi connectivity index (χ1n) is 5.79. The van der Waals surface area contributed by atoms with Crippen LogP contribution in [0, 0.1) is 6.92 Å². The summed E-state index contributed by atoms with van der Waals surface area (Å²) in [5, 5.41) is 7.00. The van der Waals surface area contributed by atoms with Crippen LogP contribution in [-0.4, -0.2) is 20.7 Å². The molecule has 5 heteroatoms. The van der Waals surface area contributed by atoms with Gasteiger partial charge in [-0.05, 0) is 25.5 Å². The maximum absolute atomic E-state index is 12.1. The van der Waals surface area contributed by atoms with Crippen molar-refractivity contribution in [1.29, 1.82) is 0 Å². The second kappa shape index (κ2) is 5.00. The van der Waals surface area contributed by atoms with E-state index in [0.29, 0.717) is 5.56 Å². The van der Waals surface area contributed by atoms with Crippen molar-refractivity contribution in [3.05, 3.63) is 47.5 Å².